The van der Waals surface area contributed by atoms with Crippen LogP contribution < -0.4 is 10.6 Å². The second-order valence-electron chi connectivity index (χ2n) is 4.80. The van der Waals surface area contributed by atoms with Crippen molar-refractivity contribution < 1.29 is 14.0 Å². The van der Waals surface area contributed by atoms with Crippen molar-refractivity contribution >= 4 is 11.8 Å². The third-order valence-electron chi connectivity index (χ3n) is 2.93. The van der Waals surface area contributed by atoms with Gasteiger partial charge in [-0.15, -0.1) is 0 Å². The summed E-state index contributed by atoms with van der Waals surface area (Å²) in [6.07, 6.45) is 1.82. The average Bonchev–Trinajstić information content (AvgIpc) is 2.96. The molecule has 2 N–H and O–H groups in total. The van der Waals surface area contributed by atoms with Crippen molar-refractivity contribution in [2.24, 2.45) is 0 Å². The summed E-state index contributed by atoms with van der Waals surface area (Å²) in [7, 11) is 0. The number of aryl methyl sites for hydroxylation is 1. The van der Waals surface area contributed by atoms with Crippen molar-refractivity contribution in [3.8, 4) is 0 Å². The highest BCUT2D eigenvalue weighted by molar-refractivity contribution is 5.85. The molecule has 0 radical (unpaired) electrons. The number of hydrogen-bond donors (Lipinski definition) is 2. The van der Waals surface area contributed by atoms with Crippen molar-refractivity contribution in [3.05, 3.63) is 59.5 Å². The Hall–Kier alpha value is -2.56. The van der Waals surface area contributed by atoms with E-state index >= 15 is 0 Å². The molecule has 1 aromatic heterocycles. The predicted octanol–water partition coefficient (Wildman–Crippen LogP) is 1.56. The molecule has 0 aliphatic rings. The van der Waals surface area contributed by atoms with Gasteiger partial charge in [0.05, 0.1) is 25.8 Å². The number of carbonyl (C=O) groups excluding carboxylic acids is 2. The highest BCUT2D eigenvalue weighted by atomic mass is 16.3. The van der Waals surface area contributed by atoms with Crippen molar-refractivity contribution in [2.75, 3.05) is 6.54 Å². The van der Waals surface area contributed by atoms with E-state index in [1.54, 1.807) is 18.4 Å². The van der Waals surface area contributed by atoms with Gasteiger partial charge in [0.1, 0.15) is 5.76 Å². The van der Waals surface area contributed by atoms with Crippen molar-refractivity contribution in [3.63, 3.8) is 0 Å². The van der Waals surface area contributed by atoms with Crippen LogP contribution in [0.15, 0.2) is 47.1 Å². The van der Waals surface area contributed by atoms with Crippen LogP contribution in [0.25, 0.3) is 0 Å². The first-order valence-electron chi connectivity index (χ1n) is 6.75. The number of benzene rings is 1. The van der Waals surface area contributed by atoms with Crippen molar-refractivity contribution in [2.45, 2.75) is 19.9 Å². The van der Waals surface area contributed by atoms with Gasteiger partial charge in [-0.2, -0.15) is 0 Å². The Kier molecular flexibility index (Phi) is 5.15. The molecule has 0 aliphatic heterocycles. The van der Waals surface area contributed by atoms with E-state index in [0.29, 0.717) is 12.3 Å². The Labute approximate surface area is 123 Å². The molecule has 0 spiro atoms. The summed E-state index contributed by atoms with van der Waals surface area (Å²) in [5.41, 5.74) is 2.04. The average molecular weight is 286 g/mol. The van der Waals surface area contributed by atoms with Crippen LogP contribution >= 0.6 is 0 Å². The van der Waals surface area contributed by atoms with Crippen molar-refractivity contribution in [1.82, 2.24) is 10.6 Å². The van der Waals surface area contributed by atoms with E-state index in [2.05, 4.69) is 10.6 Å². The number of amides is 2. The maximum Gasteiger partial charge on any atom is 0.239 e. The molecule has 0 aliphatic carbocycles. The second-order valence-corrected chi connectivity index (χ2v) is 4.80. The van der Waals surface area contributed by atoms with Crippen LogP contribution in [0.3, 0.4) is 0 Å². The molecule has 21 heavy (non-hydrogen) atoms. The molecule has 0 atom stereocenters. The molecule has 2 amide bonds. The molecule has 2 aromatic rings. The zero-order valence-corrected chi connectivity index (χ0v) is 11.9. The van der Waals surface area contributed by atoms with E-state index < -0.39 is 0 Å². The van der Waals surface area contributed by atoms with E-state index in [1.165, 1.54) is 0 Å². The maximum absolute atomic E-state index is 11.8. The number of rotatable bonds is 6. The van der Waals surface area contributed by atoms with Gasteiger partial charge in [0, 0.05) is 0 Å². The molecular weight excluding hydrogens is 268 g/mol. The van der Waals surface area contributed by atoms with Crippen LogP contribution in [0.5, 0.6) is 0 Å². The third kappa shape index (κ3) is 5.14. The first kappa shape index (κ1) is 14.8. The summed E-state index contributed by atoms with van der Waals surface area (Å²) in [5.74, 6) is 0.257. The molecule has 2 rings (SSSR count). The normalized spacial score (nSPS) is 10.1. The van der Waals surface area contributed by atoms with Gasteiger partial charge in [-0.05, 0) is 24.6 Å². The summed E-state index contributed by atoms with van der Waals surface area (Å²) in [6, 6.07) is 11.3. The zero-order valence-electron chi connectivity index (χ0n) is 11.9. The smallest absolute Gasteiger partial charge is 0.239 e. The molecule has 110 valence electrons. The first-order valence-corrected chi connectivity index (χ1v) is 6.75. The highest BCUT2D eigenvalue weighted by Gasteiger charge is 2.07. The topological polar surface area (TPSA) is 71.3 Å². The van der Waals surface area contributed by atoms with E-state index in [4.69, 9.17) is 4.42 Å². The fourth-order valence-corrected chi connectivity index (χ4v) is 1.91. The maximum atomic E-state index is 11.8. The molecule has 0 saturated carbocycles. The Morgan fingerprint density at radius 3 is 2.67 bits per heavy atom. The lowest BCUT2D eigenvalue weighted by Gasteiger charge is -2.06. The van der Waals surface area contributed by atoms with E-state index in [1.807, 2.05) is 31.2 Å². The van der Waals surface area contributed by atoms with E-state index in [9.17, 15) is 9.59 Å². The van der Waals surface area contributed by atoms with Gasteiger partial charge in [-0.25, -0.2) is 0 Å². The van der Waals surface area contributed by atoms with Gasteiger partial charge < -0.3 is 15.1 Å². The van der Waals surface area contributed by atoms with Gasteiger partial charge in [0.2, 0.25) is 11.8 Å². The fraction of sp³-hybridized carbons (Fsp3) is 0.250. The number of carbonyl (C=O) groups is 2. The molecule has 1 aromatic carbocycles. The van der Waals surface area contributed by atoms with E-state index in [-0.39, 0.29) is 24.8 Å². The Morgan fingerprint density at radius 2 is 1.95 bits per heavy atom. The minimum atomic E-state index is -0.246. The van der Waals surface area contributed by atoms with Crippen LogP contribution in [0, 0.1) is 6.92 Å². The van der Waals surface area contributed by atoms with Crippen LogP contribution in [0.2, 0.25) is 0 Å². The lowest BCUT2D eigenvalue weighted by Crippen LogP contribution is -2.37. The van der Waals surface area contributed by atoms with Crippen molar-refractivity contribution in [1.29, 1.82) is 0 Å². The van der Waals surface area contributed by atoms with Gasteiger partial charge in [-0.1, -0.05) is 29.8 Å². The van der Waals surface area contributed by atoms with E-state index in [0.717, 1.165) is 11.1 Å². The Morgan fingerprint density at radius 1 is 1.10 bits per heavy atom. The summed E-state index contributed by atoms with van der Waals surface area (Å²) in [4.78, 5) is 23.3. The molecule has 0 fully saturated rings. The second kappa shape index (κ2) is 7.28. The lowest BCUT2D eigenvalue weighted by atomic mass is 10.1. The predicted molar refractivity (Wildman–Crippen MR) is 78.4 cm³/mol. The summed E-state index contributed by atoms with van der Waals surface area (Å²) >= 11 is 0. The number of furan rings is 1. The molecule has 1 heterocycles. The Bertz CT molecular complexity index is 606. The third-order valence-corrected chi connectivity index (χ3v) is 2.93. The van der Waals surface area contributed by atoms with Crippen LogP contribution in [-0.4, -0.2) is 18.4 Å². The minimum absolute atomic E-state index is 0.0364. The summed E-state index contributed by atoms with van der Waals surface area (Å²) < 4.78 is 5.10. The SMILES string of the molecule is Cc1cccc(CC(=O)NCC(=O)NCc2ccco2)c1. The quantitative estimate of drug-likeness (QED) is 0.846. The Balaban J connectivity index is 1.69. The molecule has 0 bridgehead atoms. The largest absolute Gasteiger partial charge is 0.467 e. The molecule has 0 unspecified atom stereocenters. The van der Waals surface area contributed by atoms with Gasteiger partial charge in [-0.3, -0.25) is 9.59 Å². The monoisotopic (exact) mass is 286 g/mol. The van der Waals surface area contributed by atoms with Crippen LogP contribution in [0.4, 0.5) is 0 Å². The van der Waals surface area contributed by atoms with Crippen LogP contribution in [-0.2, 0) is 22.6 Å². The molecule has 0 saturated heterocycles. The number of nitrogens with one attached hydrogen (secondary N) is 2. The van der Waals surface area contributed by atoms with Gasteiger partial charge >= 0.3 is 0 Å². The molecular formula is C16H18N2O3. The summed E-state index contributed by atoms with van der Waals surface area (Å²) in [6.45, 7) is 2.26. The molecule has 5 heteroatoms. The lowest BCUT2D eigenvalue weighted by molar-refractivity contribution is -0.125. The van der Waals surface area contributed by atoms with Crippen LogP contribution in [0.1, 0.15) is 16.9 Å². The number of hydrogen-bond acceptors (Lipinski definition) is 3. The zero-order chi connectivity index (χ0) is 15.1. The standard InChI is InChI=1S/C16H18N2O3/c1-12-4-2-5-13(8-12)9-15(19)18-11-16(20)17-10-14-6-3-7-21-14/h2-8H,9-11H2,1H3,(H,17,20)(H,18,19). The van der Waals surface area contributed by atoms with Gasteiger partial charge in [0.25, 0.3) is 0 Å². The summed E-state index contributed by atoms with van der Waals surface area (Å²) in [5, 5.41) is 5.26. The fourth-order valence-electron chi connectivity index (χ4n) is 1.91. The van der Waals surface area contributed by atoms with Gasteiger partial charge in [0.15, 0.2) is 0 Å². The first-order chi connectivity index (χ1) is 10.1. The minimum Gasteiger partial charge on any atom is -0.467 e. The highest BCUT2D eigenvalue weighted by Crippen LogP contribution is 2.04. The molecule has 5 nitrogen and oxygen atoms in total.